The van der Waals surface area contributed by atoms with Gasteiger partial charge >= 0.3 is 0 Å². The van der Waals surface area contributed by atoms with E-state index in [0.717, 1.165) is 44.9 Å². The van der Waals surface area contributed by atoms with E-state index < -0.39 is 10.0 Å². The molecule has 198 valence electrons. The maximum atomic E-state index is 13.2. The first-order chi connectivity index (χ1) is 16.3. The minimum absolute atomic E-state index is 0. The Morgan fingerprint density at radius 1 is 1.03 bits per heavy atom. The van der Waals surface area contributed by atoms with Crippen LogP contribution < -0.4 is 15.0 Å². The Kier molecular flexibility index (Phi) is 11.5. The number of nitrogens with zero attached hydrogens (tertiary/aromatic N) is 2. The van der Waals surface area contributed by atoms with Gasteiger partial charge in [-0.25, -0.2) is 8.42 Å². The summed E-state index contributed by atoms with van der Waals surface area (Å²) < 4.78 is 34.8. The maximum absolute atomic E-state index is 13.2. The minimum Gasteiger partial charge on any atom is -0.494 e. The number of aromatic amines is 1. The van der Waals surface area contributed by atoms with Crippen LogP contribution in [0.25, 0.3) is 10.9 Å². The van der Waals surface area contributed by atoms with Crippen molar-refractivity contribution in [3.8, 4) is 5.75 Å². The number of nitrogens with one attached hydrogen (secondary N) is 2. The molecule has 1 saturated heterocycles. The van der Waals surface area contributed by atoms with Gasteiger partial charge in [-0.2, -0.15) is 4.72 Å². The summed E-state index contributed by atoms with van der Waals surface area (Å²) in [6.07, 6.45) is 0.560. The minimum atomic E-state index is -3.83. The Balaban J connectivity index is 0.00000228. The summed E-state index contributed by atoms with van der Waals surface area (Å²) in [7, 11) is -3.83. The number of fused-ring (bicyclic) bond motifs is 1. The zero-order valence-electron chi connectivity index (χ0n) is 19.9. The first-order valence-electron chi connectivity index (χ1n) is 11.3. The highest BCUT2D eigenvalue weighted by Crippen LogP contribution is 2.27. The van der Waals surface area contributed by atoms with Gasteiger partial charge in [0.15, 0.2) is 0 Å². The Bertz CT molecular complexity index is 1280. The first kappa shape index (κ1) is 30.4. The van der Waals surface area contributed by atoms with Crippen LogP contribution in [0.3, 0.4) is 0 Å². The normalized spacial score (nSPS) is 15.6. The van der Waals surface area contributed by atoms with Gasteiger partial charge in [0.2, 0.25) is 15.6 Å². The van der Waals surface area contributed by atoms with E-state index in [2.05, 4.69) is 19.5 Å². The van der Waals surface area contributed by atoms with Gasteiger partial charge in [0, 0.05) is 44.2 Å². The number of benzene rings is 2. The molecule has 0 spiro atoms. The van der Waals surface area contributed by atoms with E-state index in [1.54, 1.807) is 0 Å². The number of pyridine rings is 1. The standard InChI is InChI=1S/C24H29ClN4O4S.2ClH/c1-18(27-34(31,32)22-10-9-21(25)24-20(22)8-11-23(30)26-24)29-15-13-28(14-16-29)12-5-17-33-19-6-3-2-4-7-19;;/h2-4,6-11,18,27H,5,12-17H2,1H3,(H,26,30);2*1H. The summed E-state index contributed by atoms with van der Waals surface area (Å²) >= 11 is 6.16. The average molecular weight is 578 g/mol. The summed E-state index contributed by atoms with van der Waals surface area (Å²) in [5, 5.41) is 0.680. The lowest BCUT2D eigenvalue weighted by molar-refractivity contribution is 0.0943. The molecule has 1 aliphatic rings. The van der Waals surface area contributed by atoms with Gasteiger partial charge < -0.3 is 14.6 Å². The van der Waals surface area contributed by atoms with Crippen molar-refractivity contribution < 1.29 is 13.2 Å². The predicted octanol–water partition coefficient (Wildman–Crippen LogP) is 3.74. The topological polar surface area (TPSA) is 94.7 Å². The molecule has 1 aliphatic heterocycles. The number of ether oxygens (including phenoxy) is 1. The average Bonchev–Trinajstić information content (AvgIpc) is 2.83. The summed E-state index contributed by atoms with van der Waals surface area (Å²) in [5.41, 5.74) is -0.0238. The molecular weight excluding hydrogens is 547 g/mol. The first-order valence-corrected chi connectivity index (χ1v) is 13.2. The lowest BCUT2D eigenvalue weighted by Crippen LogP contribution is -2.54. The molecule has 4 rings (SSSR count). The van der Waals surface area contributed by atoms with E-state index in [1.807, 2.05) is 37.3 Å². The SMILES string of the molecule is CC(NS(=O)(=O)c1ccc(Cl)c2[nH]c(=O)ccc12)N1CCN(CCCOc2ccccc2)CC1.Cl.Cl. The van der Waals surface area contributed by atoms with Crippen molar-refractivity contribution in [3.05, 3.63) is 70.0 Å². The molecule has 0 amide bonds. The van der Waals surface area contributed by atoms with Gasteiger partial charge in [0.05, 0.1) is 28.2 Å². The van der Waals surface area contributed by atoms with Crippen LogP contribution in [0, 0.1) is 0 Å². The summed E-state index contributed by atoms with van der Waals surface area (Å²) in [5.74, 6) is 0.883. The van der Waals surface area contributed by atoms with Crippen LogP contribution in [0.5, 0.6) is 5.75 Å². The van der Waals surface area contributed by atoms with Crippen molar-refractivity contribution in [3.63, 3.8) is 0 Å². The van der Waals surface area contributed by atoms with Gasteiger partial charge in [0.25, 0.3) is 0 Å². The summed E-state index contributed by atoms with van der Waals surface area (Å²) in [4.78, 5) is 18.9. The lowest BCUT2D eigenvalue weighted by atomic mass is 10.2. The number of hydrogen-bond acceptors (Lipinski definition) is 6. The number of aromatic nitrogens is 1. The van der Waals surface area contributed by atoms with Crippen molar-refractivity contribution >= 4 is 57.3 Å². The van der Waals surface area contributed by atoms with Crippen LogP contribution >= 0.6 is 36.4 Å². The highest BCUT2D eigenvalue weighted by atomic mass is 35.5. The monoisotopic (exact) mass is 576 g/mol. The molecule has 8 nitrogen and oxygen atoms in total. The van der Waals surface area contributed by atoms with Crippen LogP contribution in [-0.2, 0) is 10.0 Å². The number of rotatable bonds is 9. The van der Waals surface area contributed by atoms with Crippen LogP contribution in [0.4, 0.5) is 0 Å². The van der Waals surface area contributed by atoms with Crippen molar-refractivity contribution in [2.45, 2.75) is 24.4 Å². The Morgan fingerprint density at radius 3 is 2.42 bits per heavy atom. The number of H-pyrrole nitrogens is 1. The molecule has 3 aromatic rings. The number of hydrogen-bond donors (Lipinski definition) is 2. The molecular formula is C24H31Cl3N4O4S. The zero-order valence-corrected chi connectivity index (χ0v) is 23.1. The van der Waals surface area contributed by atoms with E-state index in [0.29, 0.717) is 22.5 Å². The van der Waals surface area contributed by atoms with Crippen LogP contribution in [0.2, 0.25) is 5.02 Å². The van der Waals surface area contributed by atoms with Crippen LogP contribution in [0.1, 0.15) is 13.3 Å². The molecule has 0 bridgehead atoms. The predicted molar refractivity (Wildman–Crippen MR) is 148 cm³/mol. The highest BCUT2D eigenvalue weighted by molar-refractivity contribution is 7.89. The number of para-hydroxylation sites is 1. The number of piperazine rings is 1. The van der Waals surface area contributed by atoms with Crippen LogP contribution in [0.15, 0.2) is 64.3 Å². The van der Waals surface area contributed by atoms with Crippen molar-refractivity contribution in [1.29, 1.82) is 0 Å². The molecule has 0 saturated carbocycles. The fourth-order valence-corrected chi connectivity index (χ4v) is 5.80. The van der Waals surface area contributed by atoms with E-state index in [4.69, 9.17) is 16.3 Å². The zero-order chi connectivity index (χ0) is 24.1. The van der Waals surface area contributed by atoms with E-state index in [9.17, 15) is 13.2 Å². The van der Waals surface area contributed by atoms with E-state index in [-0.39, 0.29) is 41.4 Å². The van der Waals surface area contributed by atoms with Gasteiger partial charge in [-0.1, -0.05) is 29.8 Å². The molecule has 1 aromatic heterocycles. The molecule has 2 heterocycles. The number of sulfonamides is 1. The van der Waals surface area contributed by atoms with Crippen molar-refractivity contribution in [2.75, 3.05) is 39.3 Å². The number of halogens is 3. The van der Waals surface area contributed by atoms with Gasteiger partial charge in [-0.3, -0.25) is 9.69 Å². The molecule has 1 atom stereocenters. The lowest BCUT2D eigenvalue weighted by Gasteiger charge is -2.38. The molecule has 12 heteroatoms. The quantitative estimate of drug-likeness (QED) is 0.377. The fraction of sp³-hybridized carbons (Fsp3) is 0.375. The summed E-state index contributed by atoms with van der Waals surface area (Å²) in [6, 6.07) is 15.5. The van der Waals surface area contributed by atoms with Crippen LogP contribution in [-0.4, -0.2) is 68.7 Å². The van der Waals surface area contributed by atoms with Crippen molar-refractivity contribution in [1.82, 2.24) is 19.5 Å². The second kappa shape index (κ2) is 13.6. The van der Waals surface area contributed by atoms with Gasteiger partial charge in [-0.15, -0.1) is 24.8 Å². The van der Waals surface area contributed by atoms with Gasteiger partial charge in [-0.05, 0) is 43.7 Å². The van der Waals surface area contributed by atoms with E-state index in [1.165, 1.54) is 24.3 Å². The molecule has 0 radical (unpaired) electrons. The van der Waals surface area contributed by atoms with Gasteiger partial charge in [0.1, 0.15) is 5.75 Å². The maximum Gasteiger partial charge on any atom is 0.248 e. The molecule has 0 aliphatic carbocycles. The molecule has 2 aromatic carbocycles. The fourth-order valence-electron chi connectivity index (χ4n) is 4.16. The third-order valence-corrected chi connectivity index (χ3v) is 7.91. The smallest absolute Gasteiger partial charge is 0.248 e. The van der Waals surface area contributed by atoms with E-state index >= 15 is 0 Å². The summed E-state index contributed by atoms with van der Waals surface area (Å²) in [6.45, 7) is 6.71. The second-order valence-electron chi connectivity index (χ2n) is 8.35. The molecule has 36 heavy (non-hydrogen) atoms. The molecule has 1 fully saturated rings. The third-order valence-electron chi connectivity index (χ3n) is 6.00. The Hall–Kier alpha value is -1.85. The largest absolute Gasteiger partial charge is 0.494 e. The molecule has 1 unspecified atom stereocenters. The third kappa shape index (κ3) is 7.58. The Morgan fingerprint density at radius 2 is 1.72 bits per heavy atom. The second-order valence-corrected chi connectivity index (χ2v) is 10.4. The molecule has 2 N–H and O–H groups in total. The highest BCUT2D eigenvalue weighted by Gasteiger charge is 2.26. The Labute approximate surface area is 228 Å². The van der Waals surface area contributed by atoms with Crippen molar-refractivity contribution in [2.24, 2.45) is 0 Å².